The maximum Gasteiger partial charge on any atom is 0.397 e. The molecule has 0 fully saturated rings. The number of hydrogen-bond donors (Lipinski definition) is 0. The minimum absolute atomic E-state index is 0.0200. The van der Waals surface area contributed by atoms with Gasteiger partial charge >= 0.3 is 11.7 Å². The third kappa shape index (κ3) is 2.42. The molecule has 0 unspecified atom stereocenters. The second-order valence-electron chi connectivity index (χ2n) is 3.75. The molecule has 0 saturated carbocycles. The number of aromatic nitrogens is 1. The SMILES string of the molecule is CC/C=C/c1cccc2nc(OCC)oc(=O)c12. The molecule has 0 aliphatic rings. The van der Waals surface area contributed by atoms with E-state index in [0.29, 0.717) is 17.5 Å². The molecule has 0 atom stereocenters. The van der Waals surface area contributed by atoms with Crippen LogP contribution in [0.2, 0.25) is 0 Å². The van der Waals surface area contributed by atoms with Crippen molar-refractivity contribution in [1.29, 1.82) is 0 Å². The Kier molecular flexibility index (Phi) is 3.77. The zero-order valence-electron chi connectivity index (χ0n) is 10.5. The van der Waals surface area contributed by atoms with Crippen molar-refractivity contribution in [3.8, 4) is 6.08 Å². The van der Waals surface area contributed by atoms with Gasteiger partial charge in [0.2, 0.25) is 0 Å². The Morgan fingerprint density at radius 1 is 1.39 bits per heavy atom. The van der Waals surface area contributed by atoms with Gasteiger partial charge in [0.15, 0.2) is 0 Å². The van der Waals surface area contributed by atoms with E-state index in [1.165, 1.54) is 0 Å². The second kappa shape index (κ2) is 5.49. The average molecular weight is 245 g/mol. The van der Waals surface area contributed by atoms with E-state index < -0.39 is 5.63 Å². The van der Waals surface area contributed by atoms with Gasteiger partial charge in [0.1, 0.15) is 0 Å². The van der Waals surface area contributed by atoms with E-state index in [1.54, 1.807) is 6.07 Å². The molecule has 18 heavy (non-hydrogen) atoms. The largest absolute Gasteiger partial charge is 0.450 e. The Morgan fingerprint density at radius 3 is 2.94 bits per heavy atom. The molecule has 1 heterocycles. The molecule has 4 heteroatoms. The molecule has 0 N–H and O–H groups in total. The molecule has 0 aliphatic heterocycles. The molecule has 94 valence electrons. The van der Waals surface area contributed by atoms with Gasteiger partial charge in [0.05, 0.1) is 17.5 Å². The van der Waals surface area contributed by atoms with Crippen molar-refractivity contribution in [2.45, 2.75) is 20.3 Å². The summed E-state index contributed by atoms with van der Waals surface area (Å²) in [6.45, 7) is 4.26. The zero-order chi connectivity index (χ0) is 13.0. The first-order valence-electron chi connectivity index (χ1n) is 5.99. The maximum atomic E-state index is 11.9. The summed E-state index contributed by atoms with van der Waals surface area (Å²) in [6, 6.07) is 5.51. The summed E-state index contributed by atoms with van der Waals surface area (Å²) in [5.74, 6) is 0. The Balaban J connectivity index is 2.63. The normalized spacial score (nSPS) is 11.2. The van der Waals surface area contributed by atoms with Crippen LogP contribution in [0.5, 0.6) is 6.08 Å². The van der Waals surface area contributed by atoms with Crippen molar-refractivity contribution in [3.05, 3.63) is 40.3 Å². The van der Waals surface area contributed by atoms with Crippen LogP contribution in [0, 0.1) is 0 Å². The van der Waals surface area contributed by atoms with Crippen LogP contribution in [-0.4, -0.2) is 11.6 Å². The van der Waals surface area contributed by atoms with Crippen LogP contribution in [0.25, 0.3) is 17.0 Å². The van der Waals surface area contributed by atoms with E-state index in [2.05, 4.69) is 4.98 Å². The predicted molar refractivity (Wildman–Crippen MR) is 70.8 cm³/mol. The van der Waals surface area contributed by atoms with Crippen molar-refractivity contribution in [2.24, 2.45) is 0 Å². The van der Waals surface area contributed by atoms with Gasteiger partial charge < -0.3 is 9.15 Å². The number of fused-ring (bicyclic) bond motifs is 1. The quantitative estimate of drug-likeness (QED) is 0.830. The molecule has 1 aromatic heterocycles. The zero-order valence-corrected chi connectivity index (χ0v) is 10.5. The van der Waals surface area contributed by atoms with Crippen LogP contribution in [0.3, 0.4) is 0 Å². The molecule has 0 saturated heterocycles. The van der Waals surface area contributed by atoms with Gasteiger partial charge in [-0.2, -0.15) is 4.98 Å². The monoisotopic (exact) mass is 245 g/mol. The highest BCUT2D eigenvalue weighted by atomic mass is 16.6. The number of benzene rings is 1. The Bertz CT molecular complexity index is 628. The minimum atomic E-state index is -0.417. The standard InChI is InChI=1S/C14H15NO3/c1-3-5-7-10-8-6-9-11-12(10)13(16)18-14(15-11)17-4-2/h5-9H,3-4H2,1-2H3/b7-5+. The fourth-order valence-corrected chi connectivity index (χ4v) is 1.69. The van der Waals surface area contributed by atoms with Crippen LogP contribution < -0.4 is 10.4 Å². The van der Waals surface area contributed by atoms with Gasteiger partial charge in [-0.05, 0) is 25.0 Å². The van der Waals surface area contributed by atoms with Gasteiger partial charge in [0.25, 0.3) is 0 Å². The smallest absolute Gasteiger partial charge is 0.397 e. The topological polar surface area (TPSA) is 52.3 Å². The van der Waals surface area contributed by atoms with E-state index in [-0.39, 0.29) is 6.08 Å². The van der Waals surface area contributed by atoms with E-state index in [9.17, 15) is 4.79 Å². The second-order valence-corrected chi connectivity index (χ2v) is 3.75. The van der Waals surface area contributed by atoms with E-state index in [4.69, 9.17) is 9.15 Å². The summed E-state index contributed by atoms with van der Waals surface area (Å²) in [6.07, 6.45) is 4.82. The lowest BCUT2D eigenvalue weighted by Crippen LogP contribution is -2.06. The third-order valence-electron chi connectivity index (χ3n) is 2.47. The molecule has 0 bridgehead atoms. The number of nitrogens with zero attached hydrogens (tertiary/aromatic N) is 1. The number of hydrogen-bond acceptors (Lipinski definition) is 4. The van der Waals surface area contributed by atoms with Crippen LogP contribution in [0.15, 0.2) is 33.5 Å². The summed E-state index contributed by atoms with van der Waals surface area (Å²) in [5.41, 5.74) is 0.992. The highest BCUT2D eigenvalue weighted by Gasteiger charge is 2.09. The fourth-order valence-electron chi connectivity index (χ4n) is 1.69. The van der Waals surface area contributed by atoms with Gasteiger partial charge in [-0.15, -0.1) is 0 Å². The summed E-state index contributed by atoms with van der Waals surface area (Å²) in [5, 5.41) is 0.491. The van der Waals surface area contributed by atoms with Crippen molar-refractivity contribution < 1.29 is 9.15 Å². The fraction of sp³-hybridized carbons (Fsp3) is 0.286. The number of allylic oxidation sites excluding steroid dienone is 1. The van der Waals surface area contributed by atoms with Crippen molar-refractivity contribution in [2.75, 3.05) is 6.61 Å². The van der Waals surface area contributed by atoms with Gasteiger partial charge in [-0.25, -0.2) is 4.79 Å². The molecule has 0 amide bonds. The molecule has 0 spiro atoms. The summed E-state index contributed by atoms with van der Waals surface area (Å²) < 4.78 is 10.1. The van der Waals surface area contributed by atoms with Gasteiger partial charge in [-0.1, -0.05) is 31.2 Å². The first kappa shape index (κ1) is 12.4. The van der Waals surface area contributed by atoms with Crippen LogP contribution in [0.1, 0.15) is 25.8 Å². The number of rotatable bonds is 4. The van der Waals surface area contributed by atoms with Crippen LogP contribution >= 0.6 is 0 Å². The molecule has 2 aromatic rings. The lowest BCUT2D eigenvalue weighted by atomic mass is 10.1. The van der Waals surface area contributed by atoms with Crippen molar-refractivity contribution >= 4 is 17.0 Å². The molecule has 4 nitrogen and oxygen atoms in total. The Morgan fingerprint density at radius 2 is 2.22 bits per heavy atom. The van der Waals surface area contributed by atoms with Crippen molar-refractivity contribution in [1.82, 2.24) is 4.98 Å². The minimum Gasteiger partial charge on any atom is -0.450 e. The predicted octanol–water partition coefficient (Wildman–Crippen LogP) is 3.01. The van der Waals surface area contributed by atoms with E-state index >= 15 is 0 Å². The lowest BCUT2D eigenvalue weighted by molar-refractivity contribution is 0.229. The molecular formula is C14H15NO3. The highest BCUT2D eigenvalue weighted by Crippen LogP contribution is 2.17. The Labute approximate surface area is 105 Å². The molecular weight excluding hydrogens is 230 g/mol. The first-order chi connectivity index (χ1) is 8.76. The Hall–Kier alpha value is -2.10. The molecule has 1 aromatic carbocycles. The van der Waals surface area contributed by atoms with Gasteiger partial charge in [0, 0.05) is 0 Å². The summed E-state index contributed by atoms with van der Waals surface area (Å²) >= 11 is 0. The first-order valence-corrected chi connectivity index (χ1v) is 5.99. The molecule has 2 rings (SSSR count). The van der Waals surface area contributed by atoms with Gasteiger partial charge in [-0.3, -0.25) is 0 Å². The van der Waals surface area contributed by atoms with Crippen LogP contribution in [-0.2, 0) is 0 Å². The third-order valence-corrected chi connectivity index (χ3v) is 2.47. The maximum absolute atomic E-state index is 11.9. The molecule has 0 radical (unpaired) electrons. The van der Waals surface area contributed by atoms with Crippen LogP contribution in [0.4, 0.5) is 0 Å². The van der Waals surface area contributed by atoms with Crippen molar-refractivity contribution in [3.63, 3.8) is 0 Å². The number of ether oxygens (including phenoxy) is 1. The highest BCUT2D eigenvalue weighted by molar-refractivity contribution is 5.86. The average Bonchev–Trinajstić information content (AvgIpc) is 2.36. The summed E-state index contributed by atoms with van der Waals surface area (Å²) in [4.78, 5) is 16.1. The lowest BCUT2D eigenvalue weighted by Gasteiger charge is -2.03. The summed E-state index contributed by atoms with van der Waals surface area (Å²) in [7, 11) is 0. The van der Waals surface area contributed by atoms with E-state index in [0.717, 1.165) is 12.0 Å². The molecule has 0 aliphatic carbocycles. The van der Waals surface area contributed by atoms with E-state index in [1.807, 2.05) is 38.1 Å².